The molecule has 0 saturated heterocycles. The van der Waals surface area contributed by atoms with Crippen LogP contribution in [-0.4, -0.2) is 44.2 Å². The molecule has 1 N–H and O–H groups in total. The number of nitrogens with one attached hydrogen (secondary N) is 1. The average molecular weight is 260 g/mol. The Balaban J connectivity index is 1.40. The van der Waals surface area contributed by atoms with Gasteiger partial charge in [0.1, 0.15) is 5.75 Å². The van der Waals surface area contributed by atoms with Gasteiger partial charge in [-0.15, -0.1) is 0 Å². The Kier molecular flexibility index (Phi) is 4.04. The molecule has 1 aliphatic heterocycles. The van der Waals surface area contributed by atoms with Gasteiger partial charge in [0.15, 0.2) is 0 Å². The molecule has 3 rings (SSSR count). The van der Waals surface area contributed by atoms with Crippen LogP contribution in [0.5, 0.6) is 5.75 Å². The molecule has 1 aromatic carbocycles. The zero-order chi connectivity index (χ0) is 13.1. The van der Waals surface area contributed by atoms with Gasteiger partial charge >= 0.3 is 0 Å². The van der Waals surface area contributed by atoms with Gasteiger partial charge in [-0.2, -0.15) is 0 Å². The van der Waals surface area contributed by atoms with E-state index in [1.807, 2.05) is 0 Å². The molecule has 0 atom stereocenters. The van der Waals surface area contributed by atoms with Crippen molar-refractivity contribution >= 4 is 0 Å². The second kappa shape index (κ2) is 5.93. The molecular formula is C16H24N2O. The summed E-state index contributed by atoms with van der Waals surface area (Å²) in [5.41, 5.74) is 2.82. The number of benzene rings is 1. The number of ether oxygens (including phenoxy) is 1. The Bertz CT molecular complexity index is 429. The van der Waals surface area contributed by atoms with E-state index in [0.29, 0.717) is 0 Å². The van der Waals surface area contributed by atoms with Gasteiger partial charge in [-0.05, 0) is 43.5 Å². The van der Waals surface area contributed by atoms with Crippen molar-refractivity contribution in [2.24, 2.45) is 0 Å². The Hall–Kier alpha value is -1.06. The Morgan fingerprint density at radius 1 is 1.32 bits per heavy atom. The van der Waals surface area contributed by atoms with Gasteiger partial charge in [0.25, 0.3) is 0 Å². The zero-order valence-electron chi connectivity index (χ0n) is 11.8. The summed E-state index contributed by atoms with van der Waals surface area (Å²) in [5, 5.41) is 3.56. The molecule has 19 heavy (non-hydrogen) atoms. The van der Waals surface area contributed by atoms with E-state index >= 15 is 0 Å². The van der Waals surface area contributed by atoms with Crippen molar-refractivity contribution in [2.45, 2.75) is 31.7 Å². The topological polar surface area (TPSA) is 24.5 Å². The molecular weight excluding hydrogens is 236 g/mol. The summed E-state index contributed by atoms with van der Waals surface area (Å²) in [5.74, 6) is 1.09. The monoisotopic (exact) mass is 260 g/mol. The Morgan fingerprint density at radius 3 is 3.05 bits per heavy atom. The van der Waals surface area contributed by atoms with E-state index in [1.54, 1.807) is 0 Å². The van der Waals surface area contributed by atoms with Crippen molar-refractivity contribution in [3.63, 3.8) is 0 Å². The van der Waals surface area contributed by atoms with E-state index in [4.69, 9.17) is 4.74 Å². The fraction of sp³-hybridized carbons (Fsp3) is 0.625. The Labute approximate surface area is 115 Å². The molecule has 0 unspecified atom stereocenters. The molecule has 0 spiro atoms. The molecule has 0 radical (unpaired) electrons. The summed E-state index contributed by atoms with van der Waals surface area (Å²) >= 11 is 0. The smallest absolute Gasteiger partial charge is 0.122 e. The SMILES string of the molecule is CN(CCNC1CC1)CCc1ccc2c(c1)CCO2. The normalized spacial score (nSPS) is 17.6. The second-order valence-electron chi connectivity index (χ2n) is 5.82. The highest BCUT2D eigenvalue weighted by atomic mass is 16.5. The van der Waals surface area contributed by atoms with E-state index in [2.05, 4.69) is 35.5 Å². The highest BCUT2D eigenvalue weighted by molar-refractivity contribution is 5.39. The lowest BCUT2D eigenvalue weighted by molar-refractivity contribution is 0.335. The first kappa shape index (κ1) is 12.9. The van der Waals surface area contributed by atoms with Crippen LogP contribution in [0.2, 0.25) is 0 Å². The second-order valence-corrected chi connectivity index (χ2v) is 5.82. The van der Waals surface area contributed by atoms with Crippen molar-refractivity contribution in [2.75, 3.05) is 33.3 Å². The van der Waals surface area contributed by atoms with Crippen LogP contribution in [0.4, 0.5) is 0 Å². The highest BCUT2D eigenvalue weighted by Crippen LogP contribution is 2.26. The van der Waals surface area contributed by atoms with Gasteiger partial charge in [0, 0.05) is 32.1 Å². The fourth-order valence-corrected chi connectivity index (χ4v) is 2.57. The lowest BCUT2D eigenvalue weighted by Gasteiger charge is -2.17. The minimum atomic E-state index is 0.824. The molecule has 3 heteroatoms. The molecule has 0 aromatic heterocycles. The van der Waals surface area contributed by atoms with Crippen LogP contribution in [0.1, 0.15) is 24.0 Å². The van der Waals surface area contributed by atoms with Crippen LogP contribution >= 0.6 is 0 Å². The van der Waals surface area contributed by atoms with Gasteiger partial charge in [-0.3, -0.25) is 0 Å². The molecule has 1 fully saturated rings. The first-order chi connectivity index (χ1) is 9.31. The fourth-order valence-electron chi connectivity index (χ4n) is 2.57. The van der Waals surface area contributed by atoms with Crippen molar-refractivity contribution in [3.8, 4) is 5.75 Å². The first-order valence-electron chi connectivity index (χ1n) is 7.48. The first-order valence-corrected chi connectivity index (χ1v) is 7.48. The number of fused-ring (bicyclic) bond motifs is 1. The van der Waals surface area contributed by atoms with Gasteiger partial charge in [0.2, 0.25) is 0 Å². The summed E-state index contributed by atoms with van der Waals surface area (Å²) < 4.78 is 5.54. The van der Waals surface area contributed by atoms with Crippen molar-refractivity contribution in [1.29, 1.82) is 0 Å². The molecule has 1 saturated carbocycles. The minimum absolute atomic E-state index is 0.824. The maximum absolute atomic E-state index is 5.54. The van der Waals surface area contributed by atoms with Crippen molar-refractivity contribution in [3.05, 3.63) is 29.3 Å². The molecule has 0 amide bonds. The largest absolute Gasteiger partial charge is 0.493 e. The van der Waals surface area contributed by atoms with Gasteiger partial charge in [-0.25, -0.2) is 0 Å². The van der Waals surface area contributed by atoms with Gasteiger partial charge < -0.3 is 15.0 Å². The van der Waals surface area contributed by atoms with Crippen LogP contribution < -0.4 is 10.1 Å². The molecule has 1 heterocycles. The van der Waals surface area contributed by atoms with E-state index in [9.17, 15) is 0 Å². The van der Waals surface area contributed by atoms with Crippen LogP contribution in [0, 0.1) is 0 Å². The van der Waals surface area contributed by atoms with Crippen LogP contribution in [0.3, 0.4) is 0 Å². The number of nitrogens with zero attached hydrogens (tertiary/aromatic N) is 1. The quantitative estimate of drug-likeness (QED) is 0.810. The number of likely N-dealkylation sites (N-methyl/N-ethyl adjacent to an activating group) is 1. The molecule has 0 bridgehead atoms. The van der Waals surface area contributed by atoms with E-state index in [-0.39, 0.29) is 0 Å². The predicted octanol–water partition coefficient (Wildman–Crippen LogP) is 1.85. The van der Waals surface area contributed by atoms with E-state index < -0.39 is 0 Å². The Morgan fingerprint density at radius 2 is 2.21 bits per heavy atom. The van der Waals surface area contributed by atoms with Crippen molar-refractivity contribution in [1.82, 2.24) is 10.2 Å². The molecule has 1 aliphatic carbocycles. The lowest BCUT2D eigenvalue weighted by Crippen LogP contribution is -2.31. The van der Waals surface area contributed by atoms with Gasteiger partial charge in [0.05, 0.1) is 6.61 Å². The summed E-state index contributed by atoms with van der Waals surface area (Å²) in [6, 6.07) is 7.48. The predicted molar refractivity (Wildman–Crippen MR) is 77.9 cm³/mol. The summed E-state index contributed by atoms with van der Waals surface area (Å²) in [7, 11) is 2.21. The highest BCUT2D eigenvalue weighted by Gasteiger charge is 2.19. The van der Waals surface area contributed by atoms with E-state index in [1.165, 1.54) is 24.0 Å². The van der Waals surface area contributed by atoms with Crippen LogP contribution in [-0.2, 0) is 12.8 Å². The third-order valence-corrected chi connectivity index (χ3v) is 4.04. The third kappa shape index (κ3) is 3.71. The third-order valence-electron chi connectivity index (χ3n) is 4.04. The molecule has 104 valence electrons. The van der Waals surface area contributed by atoms with Crippen LogP contribution in [0.25, 0.3) is 0 Å². The zero-order valence-corrected chi connectivity index (χ0v) is 11.8. The summed E-state index contributed by atoms with van der Waals surface area (Å²) in [4.78, 5) is 2.42. The molecule has 1 aromatic rings. The lowest BCUT2D eigenvalue weighted by atomic mass is 10.1. The molecule has 2 aliphatic rings. The van der Waals surface area contributed by atoms with Crippen LogP contribution in [0.15, 0.2) is 18.2 Å². The summed E-state index contributed by atoms with van der Waals surface area (Å²) in [6.07, 6.45) is 4.96. The number of hydrogen-bond acceptors (Lipinski definition) is 3. The molecule has 3 nitrogen and oxygen atoms in total. The minimum Gasteiger partial charge on any atom is -0.493 e. The summed E-state index contributed by atoms with van der Waals surface area (Å²) in [6.45, 7) is 4.25. The van der Waals surface area contributed by atoms with E-state index in [0.717, 1.165) is 50.9 Å². The average Bonchev–Trinajstić information content (AvgIpc) is 3.12. The van der Waals surface area contributed by atoms with Gasteiger partial charge in [-0.1, -0.05) is 12.1 Å². The maximum Gasteiger partial charge on any atom is 0.122 e. The maximum atomic E-state index is 5.54. The standard InChI is InChI=1S/C16H24N2O/c1-18(10-8-17-15-3-4-15)9-6-13-2-5-16-14(12-13)7-11-19-16/h2,5,12,15,17H,3-4,6-11H2,1H3. The number of hydrogen-bond donors (Lipinski definition) is 1. The van der Waals surface area contributed by atoms with Crippen molar-refractivity contribution < 1.29 is 4.74 Å². The number of rotatable bonds is 7.